The zero-order valence-corrected chi connectivity index (χ0v) is 18.7. The summed E-state index contributed by atoms with van der Waals surface area (Å²) in [5.74, 6) is 0.546. The molecular formula is C29H25Cl. The van der Waals surface area contributed by atoms with E-state index in [2.05, 4.69) is 94.4 Å². The van der Waals surface area contributed by atoms with E-state index in [1.54, 1.807) is 0 Å². The third-order valence-corrected chi connectivity index (χ3v) is 7.90. The van der Waals surface area contributed by atoms with E-state index < -0.39 is 0 Å². The molecular weight excluding hydrogens is 384 g/mol. The molecule has 2 aliphatic carbocycles. The van der Waals surface area contributed by atoms with Crippen molar-refractivity contribution in [3.8, 4) is 22.3 Å². The van der Waals surface area contributed by atoms with Gasteiger partial charge in [0.1, 0.15) is 0 Å². The van der Waals surface area contributed by atoms with Crippen molar-refractivity contribution >= 4 is 22.4 Å². The van der Waals surface area contributed by atoms with Crippen molar-refractivity contribution in [1.82, 2.24) is 0 Å². The topological polar surface area (TPSA) is 0 Å². The van der Waals surface area contributed by atoms with Gasteiger partial charge >= 0.3 is 0 Å². The van der Waals surface area contributed by atoms with E-state index in [9.17, 15) is 0 Å². The molecule has 148 valence electrons. The molecule has 4 aromatic carbocycles. The smallest absolute Gasteiger partial charge is 0.0480 e. The van der Waals surface area contributed by atoms with Gasteiger partial charge in [-0.3, -0.25) is 0 Å². The number of hydrogen-bond donors (Lipinski definition) is 0. The molecule has 0 spiro atoms. The predicted molar refractivity (Wildman–Crippen MR) is 129 cm³/mol. The highest BCUT2D eigenvalue weighted by Crippen LogP contribution is 2.57. The molecule has 4 aromatic rings. The Hall–Kier alpha value is -2.57. The Morgan fingerprint density at radius 3 is 1.97 bits per heavy atom. The third kappa shape index (κ3) is 2.08. The number of benzene rings is 4. The normalized spacial score (nSPS) is 16.8. The van der Waals surface area contributed by atoms with Crippen molar-refractivity contribution in [1.29, 1.82) is 0 Å². The monoisotopic (exact) mass is 408 g/mol. The summed E-state index contributed by atoms with van der Waals surface area (Å²) in [5.41, 5.74) is 12.4. The maximum absolute atomic E-state index is 6.38. The molecule has 2 aliphatic rings. The molecule has 0 fully saturated rings. The van der Waals surface area contributed by atoms with Gasteiger partial charge in [0.2, 0.25) is 0 Å². The van der Waals surface area contributed by atoms with Gasteiger partial charge < -0.3 is 0 Å². The van der Waals surface area contributed by atoms with Crippen molar-refractivity contribution in [2.75, 3.05) is 0 Å². The fourth-order valence-electron chi connectivity index (χ4n) is 5.97. The van der Waals surface area contributed by atoms with Crippen LogP contribution in [0.15, 0.2) is 66.7 Å². The zero-order valence-electron chi connectivity index (χ0n) is 17.9. The van der Waals surface area contributed by atoms with E-state index in [0.717, 1.165) is 0 Å². The lowest BCUT2D eigenvalue weighted by molar-refractivity contribution is 0.652. The molecule has 30 heavy (non-hydrogen) atoms. The molecule has 0 atom stereocenters. The van der Waals surface area contributed by atoms with Crippen LogP contribution in [0.4, 0.5) is 0 Å². The Kier molecular flexibility index (Phi) is 3.50. The molecule has 0 N–H and O–H groups in total. The Balaban J connectivity index is 1.74. The quantitative estimate of drug-likeness (QED) is 0.278. The highest BCUT2D eigenvalue weighted by Gasteiger charge is 2.42. The summed E-state index contributed by atoms with van der Waals surface area (Å²) < 4.78 is 0. The lowest BCUT2D eigenvalue weighted by Gasteiger charge is -2.24. The SMILES string of the molecule is CC1(C)c2cc3c(cc2-c2c(CCl)cccc21)C(C)(C)c1ccc2ccccc2c1-3. The molecule has 0 unspecified atom stereocenters. The molecule has 1 heteroatoms. The van der Waals surface area contributed by atoms with Crippen LogP contribution in [0.25, 0.3) is 33.0 Å². The first-order valence-corrected chi connectivity index (χ1v) is 11.3. The summed E-state index contributed by atoms with van der Waals surface area (Å²) in [7, 11) is 0. The van der Waals surface area contributed by atoms with Gasteiger partial charge in [-0.2, -0.15) is 0 Å². The first-order valence-electron chi connectivity index (χ1n) is 10.8. The van der Waals surface area contributed by atoms with E-state index in [4.69, 9.17) is 11.6 Å². The molecule has 0 bridgehead atoms. The first-order chi connectivity index (χ1) is 14.4. The molecule has 0 heterocycles. The highest BCUT2D eigenvalue weighted by molar-refractivity contribution is 6.17. The maximum atomic E-state index is 6.38. The van der Waals surface area contributed by atoms with Gasteiger partial charge in [0.15, 0.2) is 0 Å². The van der Waals surface area contributed by atoms with Crippen molar-refractivity contribution in [3.63, 3.8) is 0 Å². The van der Waals surface area contributed by atoms with E-state index >= 15 is 0 Å². The minimum absolute atomic E-state index is 0.0213. The highest BCUT2D eigenvalue weighted by atomic mass is 35.5. The Labute approximate surface area is 183 Å². The second-order valence-corrected chi connectivity index (χ2v) is 10.1. The van der Waals surface area contributed by atoms with E-state index in [1.165, 1.54) is 60.8 Å². The van der Waals surface area contributed by atoms with Crippen molar-refractivity contribution < 1.29 is 0 Å². The molecule has 6 rings (SSSR count). The lowest BCUT2D eigenvalue weighted by atomic mass is 9.79. The van der Waals surface area contributed by atoms with Crippen LogP contribution in [-0.4, -0.2) is 0 Å². The van der Waals surface area contributed by atoms with Crippen molar-refractivity contribution in [2.24, 2.45) is 0 Å². The minimum atomic E-state index is -0.0285. The van der Waals surface area contributed by atoms with Crippen LogP contribution >= 0.6 is 11.6 Å². The van der Waals surface area contributed by atoms with Gasteiger partial charge in [-0.25, -0.2) is 0 Å². The third-order valence-electron chi connectivity index (χ3n) is 7.61. The van der Waals surface area contributed by atoms with E-state index in [-0.39, 0.29) is 10.8 Å². The van der Waals surface area contributed by atoms with Gasteiger partial charge in [-0.1, -0.05) is 82.3 Å². The fourth-order valence-corrected chi connectivity index (χ4v) is 6.19. The average Bonchev–Trinajstić information content (AvgIpc) is 3.12. The Bertz CT molecular complexity index is 1370. The summed E-state index contributed by atoms with van der Waals surface area (Å²) in [6.45, 7) is 9.44. The van der Waals surface area contributed by atoms with Gasteiger partial charge in [0.05, 0.1) is 0 Å². The fraction of sp³-hybridized carbons (Fsp3) is 0.241. The lowest BCUT2D eigenvalue weighted by Crippen LogP contribution is -2.16. The largest absolute Gasteiger partial charge is 0.122 e. The van der Waals surface area contributed by atoms with Crippen LogP contribution in [0.1, 0.15) is 55.5 Å². The minimum Gasteiger partial charge on any atom is -0.122 e. The van der Waals surface area contributed by atoms with Crippen LogP contribution in [0, 0.1) is 0 Å². The second-order valence-electron chi connectivity index (χ2n) is 9.88. The molecule has 0 aliphatic heterocycles. The number of alkyl halides is 1. The number of fused-ring (bicyclic) bond motifs is 8. The Morgan fingerprint density at radius 2 is 1.27 bits per heavy atom. The van der Waals surface area contributed by atoms with Crippen LogP contribution in [0.2, 0.25) is 0 Å². The molecule has 0 saturated carbocycles. The van der Waals surface area contributed by atoms with Crippen LogP contribution in [0.5, 0.6) is 0 Å². The zero-order chi connectivity index (χ0) is 20.8. The molecule has 0 saturated heterocycles. The van der Waals surface area contributed by atoms with Crippen LogP contribution in [-0.2, 0) is 16.7 Å². The summed E-state index contributed by atoms with van der Waals surface area (Å²) in [4.78, 5) is 0. The summed E-state index contributed by atoms with van der Waals surface area (Å²) in [5, 5.41) is 2.67. The van der Waals surface area contributed by atoms with Crippen LogP contribution in [0.3, 0.4) is 0 Å². The first kappa shape index (κ1) is 18.2. The van der Waals surface area contributed by atoms with Gasteiger partial charge in [-0.15, -0.1) is 11.6 Å². The molecule has 0 nitrogen and oxygen atoms in total. The molecule has 0 radical (unpaired) electrons. The summed E-state index contributed by atoms with van der Waals surface area (Å²) >= 11 is 6.38. The second kappa shape index (κ2) is 5.77. The van der Waals surface area contributed by atoms with Gasteiger partial charge in [-0.05, 0) is 73.0 Å². The number of hydrogen-bond acceptors (Lipinski definition) is 0. The Morgan fingerprint density at radius 1 is 0.633 bits per heavy atom. The summed E-state index contributed by atoms with van der Waals surface area (Å²) in [6, 6.07) is 25.0. The van der Waals surface area contributed by atoms with Crippen LogP contribution < -0.4 is 0 Å². The van der Waals surface area contributed by atoms with E-state index in [1.807, 2.05) is 0 Å². The standard InChI is InChI=1S/C29H25Cl/c1-28(2)22-11-7-9-18(16-30)26(22)20-14-25-21(15-24(20)28)27-19-10-6-5-8-17(19)12-13-23(27)29(25,3)4/h5-15H,16H2,1-4H3. The average molecular weight is 409 g/mol. The van der Waals surface area contributed by atoms with Crippen molar-refractivity contribution in [3.05, 3.63) is 94.5 Å². The number of rotatable bonds is 1. The molecule has 0 aromatic heterocycles. The summed E-state index contributed by atoms with van der Waals surface area (Å²) in [6.07, 6.45) is 0. The maximum Gasteiger partial charge on any atom is 0.0480 e. The van der Waals surface area contributed by atoms with Crippen molar-refractivity contribution in [2.45, 2.75) is 44.4 Å². The van der Waals surface area contributed by atoms with Gasteiger partial charge in [0.25, 0.3) is 0 Å². The number of halogens is 1. The van der Waals surface area contributed by atoms with E-state index in [0.29, 0.717) is 5.88 Å². The predicted octanol–water partition coefficient (Wildman–Crippen LogP) is 8.19. The molecule has 0 amide bonds. The van der Waals surface area contributed by atoms with Gasteiger partial charge in [0, 0.05) is 16.7 Å².